The number of hydrogen-bond acceptors (Lipinski definition) is 8. The second kappa shape index (κ2) is 10.0. The Hall–Kier alpha value is -3.11. The van der Waals surface area contributed by atoms with E-state index in [4.69, 9.17) is 9.15 Å². The number of benzene rings is 1. The molecule has 4 aromatic rings. The number of thiazole rings is 1. The zero-order chi connectivity index (χ0) is 22.5. The van der Waals surface area contributed by atoms with Crippen molar-refractivity contribution < 1.29 is 13.9 Å². The predicted molar refractivity (Wildman–Crippen MR) is 126 cm³/mol. The van der Waals surface area contributed by atoms with E-state index in [1.807, 2.05) is 46.3 Å². The summed E-state index contributed by atoms with van der Waals surface area (Å²) in [5, 5.41) is 14.6. The summed E-state index contributed by atoms with van der Waals surface area (Å²) >= 11 is 2.73. The van der Waals surface area contributed by atoms with Crippen molar-refractivity contribution in [1.82, 2.24) is 19.7 Å². The highest BCUT2D eigenvalue weighted by Crippen LogP contribution is 2.28. The van der Waals surface area contributed by atoms with Crippen molar-refractivity contribution in [1.29, 1.82) is 0 Å². The van der Waals surface area contributed by atoms with Gasteiger partial charge in [-0.05, 0) is 42.3 Å². The molecule has 0 saturated heterocycles. The summed E-state index contributed by atoms with van der Waals surface area (Å²) in [6.07, 6.45) is 1.61. The lowest BCUT2D eigenvalue weighted by molar-refractivity contribution is -0.113. The lowest BCUT2D eigenvalue weighted by Gasteiger charge is -2.11. The summed E-state index contributed by atoms with van der Waals surface area (Å²) in [5.74, 6) is 2.55. The zero-order valence-electron chi connectivity index (χ0n) is 17.9. The van der Waals surface area contributed by atoms with E-state index in [0.717, 1.165) is 23.6 Å². The Morgan fingerprint density at radius 3 is 2.75 bits per heavy atom. The molecule has 4 rings (SSSR count). The van der Waals surface area contributed by atoms with Gasteiger partial charge in [-0.3, -0.25) is 9.36 Å². The molecule has 0 fully saturated rings. The normalized spacial score (nSPS) is 11.1. The van der Waals surface area contributed by atoms with Gasteiger partial charge in [-0.2, -0.15) is 0 Å². The fourth-order valence-electron chi connectivity index (χ4n) is 3.02. The van der Waals surface area contributed by atoms with Crippen LogP contribution in [0.3, 0.4) is 0 Å². The lowest BCUT2D eigenvalue weighted by Crippen LogP contribution is -2.15. The zero-order valence-corrected chi connectivity index (χ0v) is 19.6. The summed E-state index contributed by atoms with van der Waals surface area (Å²) < 4.78 is 12.7. The highest BCUT2D eigenvalue weighted by molar-refractivity contribution is 7.99. The molecular formula is C22H23N5O3S2. The Labute approximate surface area is 194 Å². The average molecular weight is 470 g/mol. The van der Waals surface area contributed by atoms with Crippen LogP contribution in [0.4, 0.5) is 5.13 Å². The summed E-state index contributed by atoms with van der Waals surface area (Å²) in [5.41, 5.74) is 1.77. The maximum atomic E-state index is 12.5. The van der Waals surface area contributed by atoms with Gasteiger partial charge in [-0.15, -0.1) is 21.5 Å². The van der Waals surface area contributed by atoms with Crippen LogP contribution in [-0.2, 0) is 11.3 Å². The Bertz CT molecular complexity index is 1170. The number of methoxy groups -OCH3 is 1. The molecule has 3 heterocycles. The van der Waals surface area contributed by atoms with E-state index in [1.165, 1.54) is 23.1 Å². The number of furan rings is 1. The van der Waals surface area contributed by atoms with Crippen molar-refractivity contribution in [2.45, 2.75) is 25.5 Å². The molecule has 0 radical (unpaired) electrons. The van der Waals surface area contributed by atoms with Crippen molar-refractivity contribution in [3.63, 3.8) is 0 Å². The van der Waals surface area contributed by atoms with Gasteiger partial charge in [0.15, 0.2) is 21.9 Å². The second-order valence-corrected chi connectivity index (χ2v) is 9.19. The van der Waals surface area contributed by atoms with E-state index in [2.05, 4.69) is 34.3 Å². The molecule has 0 unspecified atom stereocenters. The minimum Gasteiger partial charge on any atom is -0.497 e. The predicted octanol–water partition coefficient (Wildman–Crippen LogP) is 5.06. The summed E-state index contributed by atoms with van der Waals surface area (Å²) in [4.78, 5) is 17.0. The minimum atomic E-state index is -0.149. The minimum absolute atomic E-state index is 0.149. The van der Waals surface area contributed by atoms with Gasteiger partial charge in [-0.25, -0.2) is 4.98 Å². The van der Waals surface area contributed by atoms with E-state index in [1.54, 1.807) is 13.4 Å². The smallest absolute Gasteiger partial charge is 0.236 e. The Morgan fingerprint density at radius 2 is 2.06 bits per heavy atom. The van der Waals surface area contributed by atoms with Crippen LogP contribution >= 0.6 is 23.1 Å². The largest absolute Gasteiger partial charge is 0.497 e. The van der Waals surface area contributed by atoms with Gasteiger partial charge in [-0.1, -0.05) is 25.6 Å². The summed E-state index contributed by atoms with van der Waals surface area (Å²) in [6.45, 7) is 4.97. The fourth-order valence-corrected chi connectivity index (χ4v) is 4.51. The van der Waals surface area contributed by atoms with Gasteiger partial charge in [0.25, 0.3) is 0 Å². The number of ether oxygens (including phenoxy) is 1. The van der Waals surface area contributed by atoms with Crippen molar-refractivity contribution in [3.8, 4) is 28.6 Å². The molecule has 8 nitrogen and oxygen atoms in total. The second-order valence-electron chi connectivity index (χ2n) is 7.39. The number of rotatable bonds is 9. The van der Waals surface area contributed by atoms with Gasteiger partial charge in [0.1, 0.15) is 5.75 Å². The van der Waals surface area contributed by atoms with Gasteiger partial charge in [0.05, 0.1) is 24.8 Å². The lowest BCUT2D eigenvalue weighted by atomic mass is 10.2. The molecule has 0 bridgehead atoms. The first-order chi connectivity index (χ1) is 15.5. The molecule has 1 amide bonds. The van der Waals surface area contributed by atoms with Crippen LogP contribution in [0, 0.1) is 5.92 Å². The number of anilines is 1. The Kier molecular flexibility index (Phi) is 6.91. The highest BCUT2D eigenvalue weighted by Gasteiger charge is 2.18. The number of aromatic nitrogens is 4. The van der Waals surface area contributed by atoms with E-state index in [0.29, 0.717) is 27.8 Å². The van der Waals surface area contributed by atoms with Crippen LogP contribution in [0.15, 0.2) is 57.6 Å². The topological polar surface area (TPSA) is 95.1 Å². The Balaban J connectivity index is 1.40. The van der Waals surface area contributed by atoms with Crippen molar-refractivity contribution in [2.24, 2.45) is 5.92 Å². The molecule has 1 aromatic carbocycles. The number of carbonyl (C=O) groups is 1. The summed E-state index contributed by atoms with van der Waals surface area (Å²) in [7, 11) is 1.63. The average Bonchev–Trinajstić information content (AvgIpc) is 3.53. The van der Waals surface area contributed by atoms with Crippen molar-refractivity contribution in [2.75, 3.05) is 18.2 Å². The quantitative estimate of drug-likeness (QED) is 0.342. The number of nitrogens with zero attached hydrogens (tertiary/aromatic N) is 4. The van der Waals surface area contributed by atoms with Crippen molar-refractivity contribution >= 4 is 34.1 Å². The van der Waals surface area contributed by atoms with Crippen LogP contribution in [0.25, 0.3) is 22.8 Å². The third-order valence-electron chi connectivity index (χ3n) is 4.47. The van der Waals surface area contributed by atoms with Crippen molar-refractivity contribution in [3.05, 3.63) is 48.0 Å². The van der Waals surface area contributed by atoms with Gasteiger partial charge < -0.3 is 14.5 Å². The molecular weight excluding hydrogens is 446 g/mol. The van der Waals surface area contributed by atoms with Gasteiger partial charge in [0, 0.05) is 17.5 Å². The molecule has 0 aliphatic rings. The van der Waals surface area contributed by atoms with E-state index in [-0.39, 0.29) is 11.7 Å². The van der Waals surface area contributed by atoms with Crippen LogP contribution in [0.1, 0.15) is 13.8 Å². The van der Waals surface area contributed by atoms with E-state index < -0.39 is 0 Å². The van der Waals surface area contributed by atoms with Crippen LogP contribution in [0.2, 0.25) is 0 Å². The number of amides is 1. The molecule has 166 valence electrons. The van der Waals surface area contributed by atoms with Crippen LogP contribution in [0.5, 0.6) is 5.75 Å². The number of hydrogen-bond donors (Lipinski definition) is 1. The van der Waals surface area contributed by atoms with Gasteiger partial charge in [0.2, 0.25) is 5.91 Å². The molecule has 0 spiro atoms. The highest BCUT2D eigenvalue weighted by atomic mass is 32.2. The number of carbonyl (C=O) groups excluding carboxylic acids is 1. The molecule has 32 heavy (non-hydrogen) atoms. The standard InChI is InChI=1S/C22H23N5O3S2/c1-14(2)11-27-20(18-5-4-10-30-18)25-26-22(27)32-13-19(28)24-21-23-17(12-31-21)15-6-8-16(29-3)9-7-15/h4-10,12,14H,11,13H2,1-3H3,(H,23,24,28). The third-order valence-corrected chi connectivity index (χ3v) is 6.20. The third kappa shape index (κ3) is 5.20. The molecule has 0 aliphatic carbocycles. The fraction of sp³-hybridized carbons (Fsp3) is 0.273. The van der Waals surface area contributed by atoms with E-state index in [9.17, 15) is 4.79 Å². The molecule has 0 atom stereocenters. The maximum absolute atomic E-state index is 12.5. The molecule has 0 aliphatic heterocycles. The molecule has 1 N–H and O–H groups in total. The Morgan fingerprint density at radius 1 is 1.25 bits per heavy atom. The molecule has 3 aromatic heterocycles. The molecule has 0 saturated carbocycles. The first-order valence-corrected chi connectivity index (χ1v) is 11.9. The van der Waals surface area contributed by atoms with E-state index >= 15 is 0 Å². The first-order valence-electron chi connectivity index (χ1n) is 10.0. The van der Waals surface area contributed by atoms with Crippen LogP contribution < -0.4 is 10.1 Å². The monoisotopic (exact) mass is 469 g/mol. The first kappa shape index (κ1) is 22.1. The molecule has 10 heteroatoms. The number of nitrogens with one attached hydrogen (secondary N) is 1. The van der Waals surface area contributed by atoms with Crippen LogP contribution in [-0.4, -0.2) is 38.5 Å². The number of thioether (sulfide) groups is 1. The summed E-state index contributed by atoms with van der Waals surface area (Å²) in [6, 6.07) is 11.3. The SMILES string of the molecule is COc1ccc(-c2csc(NC(=O)CSc3nnc(-c4ccco4)n3CC(C)C)n2)cc1. The maximum Gasteiger partial charge on any atom is 0.236 e. The van der Waals surface area contributed by atoms with Gasteiger partial charge >= 0.3 is 0 Å².